The van der Waals surface area contributed by atoms with Crippen LogP contribution in [0.5, 0.6) is 0 Å². The molecule has 2 aromatic rings. The fourth-order valence-electron chi connectivity index (χ4n) is 2.67. The molecule has 0 radical (unpaired) electrons. The largest absolute Gasteiger partial charge is 0.331 e. The molecule has 22 heavy (non-hydrogen) atoms. The van der Waals surface area contributed by atoms with Crippen molar-refractivity contribution in [3.05, 3.63) is 34.5 Å². The molecule has 7 heteroatoms. The van der Waals surface area contributed by atoms with Crippen LogP contribution in [0.25, 0.3) is 0 Å². The van der Waals surface area contributed by atoms with Gasteiger partial charge in [0.05, 0.1) is 12.6 Å². The lowest BCUT2D eigenvalue weighted by molar-refractivity contribution is 0.0741. The Balaban J connectivity index is 1.69. The predicted molar refractivity (Wildman–Crippen MR) is 85.9 cm³/mol. The highest BCUT2D eigenvalue weighted by Gasteiger charge is 2.22. The summed E-state index contributed by atoms with van der Waals surface area (Å²) >= 11 is 1.66. The molecule has 1 fully saturated rings. The van der Waals surface area contributed by atoms with Gasteiger partial charge in [0.25, 0.3) is 5.91 Å². The zero-order valence-electron chi connectivity index (χ0n) is 12.7. The van der Waals surface area contributed by atoms with Crippen molar-refractivity contribution in [3.8, 4) is 0 Å². The highest BCUT2D eigenvalue weighted by molar-refractivity contribution is 7.09. The van der Waals surface area contributed by atoms with Gasteiger partial charge in [0.1, 0.15) is 6.33 Å². The first-order chi connectivity index (χ1) is 10.8. The van der Waals surface area contributed by atoms with E-state index in [-0.39, 0.29) is 5.91 Å². The van der Waals surface area contributed by atoms with Crippen LogP contribution >= 0.6 is 11.3 Å². The molecule has 118 valence electrons. The zero-order valence-corrected chi connectivity index (χ0v) is 13.6. The van der Waals surface area contributed by atoms with Gasteiger partial charge in [-0.2, -0.15) is 0 Å². The molecule has 3 rings (SSSR count). The number of nitrogens with one attached hydrogen (secondary N) is 1. The number of carbonyl (C=O) groups is 1. The quantitative estimate of drug-likeness (QED) is 0.914. The highest BCUT2D eigenvalue weighted by Crippen LogP contribution is 2.16. The van der Waals surface area contributed by atoms with Crippen LogP contribution in [0.4, 0.5) is 0 Å². The van der Waals surface area contributed by atoms with E-state index < -0.39 is 0 Å². The summed E-state index contributed by atoms with van der Waals surface area (Å²) in [5.74, 6) is 0.197. The molecule has 1 saturated heterocycles. The number of nitrogens with zero attached hydrogens (tertiary/aromatic N) is 4. The Kier molecular flexibility index (Phi) is 4.84. The van der Waals surface area contributed by atoms with E-state index in [1.807, 2.05) is 29.1 Å². The fourth-order valence-corrected chi connectivity index (χ4v) is 3.39. The summed E-state index contributed by atoms with van der Waals surface area (Å²) in [5, 5.41) is 9.79. The minimum atomic E-state index is -0.0987. The predicted octanol–water partition coefficient (Wildman–Crippen LogP) is 1.93. The summed E-state index contributed by atoms with van der Waals surface area (Å²) in [6.07, 6.45) is 3.90. The van der Waals surface area contributed by atoms with Crippen LogP contribution in [0, 0.1) is 0 Å². The maximum atomic E-state index is 12.6. The molecule has 1 unspecified atom stereocenters. The topological polar surface area (TPSA) is 63.1 Å². The molecule has 6 nitrogen and oxygen atoms in total. The van der Waals surface area contributed by atoms with Crippen molar-refractivity contribution in [2.45, 2.75) is 32.4 Å². The number of rotatable bonds is 5. The third-order valence-corrected chi connectivity index (χ3v) is 4.80. The molecule has 0 aliphatic carbocycles. The Morgan fingerprint density at radius 3 is 3.18 bits per heavy atom. The van der Waals surface area contributed by atoms with E-state index in [2.05, 4.69) is 15.4 Å². The number of aromatic nitrogens is 3. The highest BCUT2D eigenvalue weighted by atomic mass is 32.1. The normalized spacial score (nSPS) is 18.3. The van der Waals surface area contributed by atoms with Crippen molar-refractivity contribution in [1.82, 2.24) is 25.0 Å². The first-order valence-corrected chi connectivity index (χ1v) is 8.59. The second-order valence-corrected chi connectivity index (χ2v) is 6.48. The maximum absolute atomic E-state index is 12.6. The molecule has 1 aliphatic rings. The van der Waals surface area contributed by atoms with Crippen molar-refractivity contribution in [3.63, 3.8) is 0 Å². The van der Waals surface area contributed by atoms with Gasteiger partial charge < -0.3 is 10.2 Å². The number of thiophene rings is 1. The standard InChI is InChI=1S/C15H21N5OS/c1-2-19(10-13-6-4-8-22-13)15(21)14-17-11-20(18-14)12-5-3-7-16-9-12/h4,6,8,11-12,16H,2-3,5,7,9-10H2,1H3. The number of piperidine rings is 1. The maximum Gasteiger partial charge on any atom is 0.293 e. The van der Waals surface area contributed by atoms with E-state index in [0.717, 1.165) is 25.9 Å². The van der Waals surface area contributed by atoms with E-state index in [1.165, 1.54) is 4.88 Å². The molecule has 3 heterocycles. The monoisotopic (exact) mass is 319 g/mol. The second kappa shape index (κ2) is 7.02. The van der Waals surface area contributed by atoms with Crippen LogP contribution in [0.15, 0.2) is 23.8 Å². The Morgan fingerprint density at radius 2 is 2.50 bits per heavy atom. The van der Waals surface area contributed by atoms with Crippen LogP contribution in [0.2, 0.25) is 0 Å². The molecule has 0 spiro atoms. The Labute approximate surface area is 134 Å². The van der Waals surface area contributed by atoms with E-state index in [9.17, 15) is 4.79 Å². The Bertz CT molecular complexity index is 603. The van der Waals surface area contributed by atoms with Crippen molar-refractivity contribution >= 4 is 17.2 Å². The average Bonchev–Trinajstić information content (AvgIpc) is 3.24. The SMILES string of the molecule is CCN(Cc1cccs1)C(=O)c1ncn(C2CCCNC2)n1. The smallest absolute Gasteiger partial charge is 0.293 e. The molecule has 1 aliphatic heterocycles. The van der Waals surface area contributed by atoms with Crippen LogP contribution in [0.1, 0.15) is 41.3 Å². The molecule has 1 atom stereocenters. The third-order valence-electron chi connectivity index (χ3n) is 3.94. The molecular formula is C15H21N5OS. The third kappa shape index (κ3) is 3.36. The van der Waals surface area contributed by atoms with Gasteiger partial charge >= 0.3 is 0 Å². The second-order valence-electron chi connectivity index (χ2n) is 5.45. The van der Waals surface area contributed by atoms with Crippen LogP contribution in [-0.2, 0) is 6.54 Å². The van der Waals surface area contributed by atoms with Gasteiger partial charge in [-0.3, -0.25) is 4.79 Å². The summed E-state index contributed by atoms with van der Waals surface area (Å²) in [7, 11) is 0. The summed E-state index contributed by atoms with van der Waals surface area (Å²) < 4.78 is 1.83. The first-order valence-electron chi connectivity index (χ1n) is 7.71. The minimum Gasteiger partial charge on any atom is -0.331 e. The Morgan fingerprint density at radius 1 is 1.59 bits per heavy atom. The molecule has 0 aromatic carbocycles. The van der Waals surface area contributed by atoms with Crippen LogP contribution < -0.4 is 5.32 Å². The van der Waals surface area contributed by atoms with Gasteiger partial charge in [0.15, 0.2) is 0 Å². The summed E-state index contributed by atoms with van der Waals surface area (Å²) in [6.45, 7) is 5.20. The first kappa shape index (κ1) is 15.2. The van der Waals surface area contributed by atoms with Crippen LogP contribution in [0.3, 0.4) is 0 Å². The molecule has 2 aromatic heterocycles. The molecular weight excluding hydrogens is 298 g/mol. The molecule has 1 amide bonds. The van der Waals surface area contributed by atoms with Gasteiger partial charge in [-0.25, -0.2) is 9.67 Å². The molecule has 1 N–H and O–H groups in total. The lowest BCUT2D eigenvalue weighted by Crippen LogP contribution is -2.33. The number of hydrogen-bond donors (Lipinski definition) is 1. The van der Waals surface area contributed by atoms with Crippen molar-refractivity contribution in [2.75, 3.05) is 19.6 Å². The lowest BCUT2D eigenvalue weighted by Gasteiger charge is -2.22. The van der Waals surface area contributed by atoms with Crippen molar-refractivity contribution < 1.29 is 4.79 Å². The van der Waals surface area contributed by atoms with Gasteiger partial charge in [-0.15, -0.1) is 16.4 Å². The van der Waals surface area contributed by atoms with Gasteiger partial charge in [0, 0.05) is 18.0 Å². The van der Waals surface area contributed by atoms with Crippen molar-refractivity contribution in [1.29, 1.82) is 0 Å². The van der Waals surface area contributed by atoms with E-state index >= 15 is 0 Å². The molecule has 0 saturated carbocycles. The average molecular weight is 319 g/mol. The lowest BCUT2D eigenvalue weighted by atomic mass is 10.1. The van der Waals surface area contributed by atoms with Gasteiger partial charge in [-0.05, 0) is 37.8 Å². The fraction of sp³-hybridized carbons (Fsp3) is 0.533. The summed E-state index contributed by atoms with van der Waals surface area (Å²) in [4.78, 5) is 19.8. The number of amides is 1. The summed E-state index contributed by atoms with van der Waals surface area (Å²) in [5.41, 5.74) is 0. The van der Waals surface area contributed by atoms with Gasteiger partial charge in [-0.1, -0.05) is 6.07 Å². The van der Waals surface area contributed by atoms with E-state index in [4.69, 9.17) is 0 Å². The van der Waals surface area contributed by atoms with Crippen molar-refractivity contribution in [2.24, 2.45) is 0 Å². The molecule has 0 bridgehead atoms. The number of hydrogen-bond acceptors (Lipinski definition) is 5. The van der Waals surface area contributed by atoms with E-state index in [1.54, 1.807) is 22.6 Å². The van der Waals surface area contributed by atoms with Crippen LogP contribution in [-0.4, -0.2) is 45.2 Å². The Hall–Kier alpha value is -1.73. The minimum absolute atomic E-state index is 0.0987. The van der Waals surface area contributed by atoms with E-state index in [0.29, 0.717) is 25.0 Å². The zero-order chi connectivity index (χ0) is 15.4. The summed E-state index contributed by atoms with van der Waals surface area (Å²) in [6, 6.07) is 4.34. The number of carbonyl (C=O) groups excluding carboxylic acids is 1. The van der Waals surface area contributed by atoms with Gasteiger partial charge in [0.2, 0.25) is 5.82 Å².